The summed E-state index contributed by atoms with van der Waals surface area (Å²) in [5.41, 5.74) is 1.68. The van der Waals surface area contributed by atoms with Crippen molar-refractivity contribution in [3.63, 3.8) is 0 Å². The lowest BCUT2D eigenvalue weighted by Gasteiger charge is -2.09. The third-order valence-electron chi connectivity index (χ3n) is 4.19. The van der Waals surface area contributed by atoms with E-state index in [1.54, 1.807) is 19.3 Å². The second kappa shape index (κ2) is 7.54. The molecular weight excluding hydrogens is 410 g/mol. The van der Waals surface area contributed by atoms with E-state index in [-0.39, 0.29) is 11.5 Å². The number of benzene rings is 1. The number of carbonyl (C=O) groups excluding carboxylic acids is 1. The van der Waals surface area contributed by atoms with Crippen LogP contribution in [0.2, 0.25) is 0 Å². The van der Waals surface area contributed by atoms with Crippen LogP contribution in [0, 0.1) is 6.92 Å². The lowest BCUT2D eigenvalue weighted by molar-refractivity contribution is -0.121. The van der Waals surface area contributed by atoms with Gasteiger partial charge in [-0.15, -0.1) is 0 Å². The van der Waals surface area contributed by atoms with Gasteiger partial charge in [-0.3, -0.25) is 18.9 Å². The number of hydrogen-bond acceptors (Lipinski definition) is 6. The molecule has 1 aromatic carbocycles. The van der Waals surface area contributed by atoms with Crippen molar-refractivity contribution >= 4 is 57.7 Å². The smallest absolute Gasteiger partial charge is 0.266 e. The van der Waals surface area contributed by atoms with Crippen LogP contribution in [0.25, 0.3) is 11.7 Å². The van der Waals surface area contributed by atoms with Crippen LogP contribution in [0.4, 0.5) is 0 Å². The van der Waals surface area contributed by atoms with Gasteiger partial charge >= 0.3 is 0 Å². The molecule has 2 aromatic heterocycles. The van der Waals surface area contributed by atoms with E-state index in [4.69, 9.17) is 17.2 Å². The predicted octanol–water partition coefficient (Wildman–Crippen LogP) is 3.99. The number of carbonyl (C=O) groups is 1. The fourth-order valence-electron chi connectivity index (χ4n) is 2.72. The van der Waals surface area contributed by atoms with E-state index in [0.29, 0.717) is 25.5 Å². The van der Waals surface area contributed by atoms with E-state index in [1.807, 2.05) is 49.4 Å². The van der Waals surface area contributed by atoms with Crippen molar-refractivity contribution in [3.8, 4) is 0 Å². The highest BCUT2D eigenvalue weighted by Crippen LogP contribution is 2.34. The van der Waals surface area contributed by atoms with Crippen molar-refractivity contribution in [2.24, 2.45) is 0 Å². The molecule has 1 amide bonds. The Hall–Kier alpha value is -2.42. The maximum Gasteiger partial charge on any atom is 0.266 e. The number of pyridine rings is 1. The molecule has 1 saturated heterocycles. The van der Waals surface area contributed by atoms with Crippen molar-refractivity contribution < 1.29 is 4.79 Å². The maximum atomic E-state index is 13.2. The monoisotopic (exact) mass is 425 g/mol. The average Bonchev–Trinajstić information content (AvgIpc) is 2.93. The Kier molecular flexibility index (Phi) is 5.09. The summed E-state index contributed by atoms with van der Waals surface area (Å²) < 4.78 is 1.99. The maximum absolute atomic E-state index is 13.2. The molecule has 0 radical (unpaired) electrons. The minimum absolute atomic E-state index is 0.209. The molecule has 0 saturated carbocycles. The lowest BCUT2D eigenvalue weighted by Crippen LogP contribution is -2.23. The van der Waals surface area contributed by atoms with Crippen molar-refractivity contribution in [2.75, 3.05) is 7.05 Å². The van der Waals surface area contributed by atoms with Gasteiger partial charge in [-0.1, -0.05) is 60.0 Å². The largest absolute Gasteiger partial charge is 0.296 e. The minimum atomic E-state index is -0.214. The highest BCUT2D eigenvalue weighted by molar-refractivity contribution is 8.26. The van der Waals surface area contributed by atoms with Gasteiger partial charge in [0.25, 0.3) is 11.5 Å². The number of hydrogen-bond donors (Lipinski definition) is 0. The number of likely N-dealkylation sites (N-methyl/N-ethyl adjacent to an activating group) is 1. The van der Waals surface area contributed by atoms with Crippen LogP contribution in [0.3, 0.4) is 0 Å². The Bertz CT molecular complexity index is 1200. The predicted molar refractivity (Wildman–Crippen MR) is 118 cm³/mol. The second-order valence-electron chi connectivity index (χ2n) is 6.23. The Morgan fingerprint density at radius 2 is 1.89 bits per heavy atom. The van der Waals surface area contributed by atoms with Gasteiger partial charge in [0.05, 0.1) is 10.5 Å². The SMILES string of the molecule is Cc1ccc2nc(Sc3ccccc3)c(/C=C3\SC(=S)N(C)C3=O)c(=O)n2c1. The van der Waals surface area contributed by atoms with Crippen molar-refractivity contribution in [3.05, 3.63) is 75.0 Å². The standard InChI is InChI=1S/C20H15N3O2S3/c1-12-8-9-16-21-17(27-13-6-4-3-5-7-13)14(18(24)23(16)11-12)10-15-19(25)22(2)20(26)28-15/h3-11H,1-2H3/b15-10-. The summed E-state index contributed by atoms with van der Waals surface area (Å²) >= 11 is 7.79. The van der Waals surface area contributed by atoms with Gasteiger partial charge in [0.15, 0.2) is 0 Å². The summed E-state index contributed by atoms with van der Waals surface area (Å²) in [5.74, 6) is -0.209. The molecule has 28 heavy (non-hydrogen) atoms. The number of nitrogens with zero attached hydrogens (tertiary/aromatic N) is 3. The fraction of sp³-hybridized carbons (Fsp3) is 0.100. The van der Waals surface area contributed by atoms with Crippen molar-refractivity contribution in [1.82, 2.24) is 14.3 Å². The van der Waals surface area contributed by atoms with Crippen LogP contribution in [0.5, 0.6) is 0 Å². The summed E-state index contributed by atoms with van der Waals surface area (Å²) in [6, 6.07) is 13.4. The number of aromatic nitrogens is 2. The van der Waals surface area contributed by atoms with E-state index in [2.05, 4.69) is 0 Å². The number of rotatable bonds is 3. The summed E-state index contributed by atoms with van der Waals surface area (Å²) in [6.45, 7) is 1.92. The van der Waals surface area contributed by atoms with E-state index < -0.39 is 0 Å². The molecule has 0 unspecified atom stereocenters. The summed E-state index contributed by atoms with van der Waals surface area (Å²) in [4.78, 5) is 33.2. The first-order chi connectivity index (χ1) is 13.4. The molecule has 0 atom stereocenters. The van der Waals surface area contributed by atoms with E-state index >= 15 is 0 Å². The van der Waals surface area contributed by atoms with Gasteiger partial charge in [-0.05, 0) is 36.8 Å². The number of fused-ring (bicyclic) bond motifs is 1. The van der Waals surface area contributed by atoms with Gasteiger partial charge < -0.3 is 0 Å². The zero-order valence-electron chi connectivity index (χ0n) is 15.1. The number of amides is 1. The highest BCUT2D eigenvalue weighted by atomic mass is 32.2. The normalized spacial score (nSPS) is 15.8. The first-order valence-electron chi connectivity index (χ1n) is 8.41. The zero-order valence-corrected chi connectivity index (χ0v) is 17.5. The molecule has 0 N–H and O–H groups in total. The zero-order chi connectivity index (χ0) is 19.8. The molecule has 1 aliphatic rings. The van der Waals surface area contributed by atoms with Crippen LogP contribution in [-0.2, 0) is 4.79 Å². The van der Waals surface area contributed by atoms with Crippen LogP contribution in [0.1, 0.15) is 11.1 Å². The molecule has 0 spiro atoms. The second-order valence-corrected chi connectivity index (χ2v) is 8.96. The summed E-state index contributed by atoms with van der Waals surface area (Å²) in [6.07, 6.45) is 3.36. The van der Waals surface area contributed by atoms with Crippen LogP contribution < -0.4 is 5.56 Å². The summed E-state index contributed by atoms with van der Waals surface area (Å²) in [7, 11) is 1.63. The fourth-order valence-corrected chi connectivity index (χ4v) is 4.79. The van der Waals surface area contributed by atoms with Crippen LogP contribution >= 0.6 is 35.7 Å². The Morgan fingerprint density at radius 3 is 2.57 bits per heavy atom. The molecular formula is C20H15N3O2S3. The Balaban J connectivity index is 1.93. The van der Waals surface area contributed by atoms with Crippen LogP contribution in [0.15, 0.2) is 68.3 Å². The molecule has 8 heteroatoms. The summed E-state index contributed by atoms with van der Waals surface area (Å²) in [5, 5.41) is 0.557. The van der Waals surface area contributed by atoms with E-state index in [0.717, 1.165) is 10.5 Å². The number of thioether (sulfide) groups is 1. The first-order valence-corrected chi connectivity index (χ1v) is 10.5. The molecule has 1 aliphatic heterocycles. The topological polar surface area (TPSA) is 54.7 Å². The third kappa shape index (κ3) is 3.50. The quantitative estimate of drug-likeness (QED) is 0.359. The third-order valence-corrected chi connectivity index (χ3v) is 6.69. The Labute approximate surface area is 175 Å². The average molecular weight is 426 g/mol. The minimum Gasteiger partial charge on any atom is -0.296 e. The molecule has 3 heterocycles. The first kappa shape index (κ1) is 18.9. The van der Waals surface area contributed by atoms with Gasteiger partial charge in [0.1, 0.15) is 15.0 Å². The van der Waals surface area contributed by atoms with Crippen LogP contribution in [-0.4, -0.2) is 31.6 Å². The van der Waals surface area contributed by atoms with E-state index in [1.165, 1.54) is 32.8 Å². The van der Waals surface area contributed by atoms with Crippen molar-refractivity contribution in [2.45, 2.75) is 16.8 Å². The van der Waals surface area contributed by atoms with Gasteiger partial charge in [0.2, 0.25) is 0 Å². The molecule has 1 fully saturated rings. The van der Waals surface area contributed by atoms with Gasteiger partial charge in [0, 0.05) is 18.1 Å². The van der Waals surface area contributed by atoms with Gasteiger partial charge in [-0.2, -0.15) is 0 Å². The molecule has 140 valence electrons. The molecule has 4 rings (SSSR count). The van der Waals surface area contributed by atoms with E-state index in [9.17, 15) is 9.59 Å². The molecule has 3 aromatic rings. The molecule has 0 aliphatic carbocycles. The lowest BCUT2D eigenvalue weighted by atomic mass is 10.2. The molecule has 0 bridgehead atoms. The molecule has 5 nitrogen and oxygen atoms in total. The van der Waals surface area contributed by atoms with Crippen molar-refractivity contribution in [1.29, 1.82) is 0 Å². The number of thiocarbonyl (C=S) groups is 1. The van der Waals surface area contributed by atoms with Gasteiger partial charge in [-0.25, -0.2) is 4.98 Å². The Morgan fingerprint density at radius 1 is 1.14 bits per heavy atom. The number of aryl methyl sites for hydroxylation is 1. The highest BCUT2D eigenvalue weighted by Gasteiger charge is 2.29.